The lowest BCUT2D eigenvalue weighted by Gasteiger charge is -2.43. The Morgan fingerprint density at radius 2 is 2.04 bits per heavy atom. The highest BCUT2D eigenvalue weighted by atomic mass is 16.5. The van der Waals surface area contributed by atoms with Crippen LogP contribution in [0.1, 0.15) is 13.8 Å². The van der Waals surface area contributed by atoms with Crippen LogP contribution in [0.25, 0.3) is 22.2 Å². The van der Waals surface area contributed by atoms with Crippen molar-refractivity contribution in [2.24, 2.45) is 0 Å². The van der Waals surface area contributed by atoms with Crippen LogP contribution >= 0.6 is 0 Å². The van der Waals surface area contributed by atoms with Crippen molar-refractivity contribution in [1.82, 2.24) is 25.1 Å². The lowest BCUT2D eigenvalue weighted by molar-refractivity contribution is 0.233. The lowest BCUT2D eigenvalue weighted by Crippen LogP contribution is -2.59. The standard InChI is InChI=1S/C19H22N8O/c1-12(2)28-18-6-15-16(7-23-18)24-25-19(15)13-3-4-22-17(5-13)26-8-14(9-26)27(10-20)11-21/h3-7,10-12,14,20-21H,8-9H2,1-2H3,(H,24,25). The van der Waals surface area contributed by atoms with E-state index in [4.69, 9.17) is 15.6 Å². The van der Waals surface area contributed by atoms with E-state index in [-0.39, 0.29) is 12.1 Å². The van der Waals surface area contributed by atoms with Crippen molar-refractivity contribution in [3.05, 3.63) is 30.6 Å². The molecule has 144 valence electrons. The van der Waals surface area contributed by atoms with E-state index in [1.165, 1.54) is 12.7 Å². The molecule has 0 bridgehead atoms. The van der Waals surface area contributed by atoms with Gasteiger partial charge in [-0.05, 0) is 26.0 Å². The first-order valence-corrected chi connectivity index (χ1v) is 9.10. The Morgan fingerprint density at radius 1 is 1.25 bits per heavy atom. The van der Waals surface area contributed by atoms with E-state index in [1.54, 1.807) is 17.3 Å². The molecule has 0 atom stereocenters. The van der Waals surface area contributed by atoms with Crippen LogP contribution in [0.4, 0.5) is 5.82 Å². The fraction of sp³-hybridized carbons (Fsp3) is 0.316. The molecule has 0 unspecified atom stereocenters. The van der Waals surface area contributed by atoms with E-state index in [0.29, 0.717) is 5.88 Å². The molecule has 0 aromatic carbocycles. The number of ether oxygens (including phenoxy) is 1. The van der Waals surface area contributed by atoms with Gasteiger partial charge in [0.25, 0.3) is 0 Å². The number of H-pyrrole nitrogens is 1. The highest BCUT2D eigenvalue weighted by Gasteiger charge is 2.31. The zero-order valence-corrected chi connectivity index (χ0v) is 15.8. The van der Waals surface area contributed by atoms with Gasteiger partial charge in [0.1, 0.15) is 11.5 Å². The van der Waals surface area contributed by atoms with E-state index in [9.17, 15) is 0 Å². The van der Waals surface area contributed by atoms with Crippen molar-refractivity contribution >= 4 is 29.4 Å². The van der Waals surface area contributed by atoms with Crippen LogP contribution in [0.15, 0.2) is 30.6 Å². The monoisotopic (exact) mass is 378 g/mol. The van der Waals surface area contributed by atoms with Gasteiger partial charge in [0.15, 0.2) is 0 Å². The first-order chi connectivity index (χ1) is 13.6. The normalized spacial score (nSPS) is 14.2. The van der Waals surface area contributed by atoms with E-state index < -0.39 is 0 Å². The van der Waals surface area contributed by atoms with Crippen molar-refractivity contribution in [2.45, 2.75) is 26.0 Å². The molecule has 9 nitrogen and oxygen atoms in total. The Morgan fingerprint density at radius 3 is 2.75 bits per heavy atom. The summed E-state index contributed by atoms with van der Waals surface area (Å²) in [6.07, 6.45) is 5.92. The molecule has 0 radical (unpaired) electrons. The SMILES string of the molecule is CC(C)Oc1cc2c(-c3ccnc(N4CC(N(C=N)C=N)C4)c3)n[nH]c2cn1. The third-order valence-electron chi connectivity index (χ3n) is 4.70. The van der Waals surface area contributed by atoms with Crippen LogP contribution in [-0.2, 0) is 0 Å². The van der Waals surface area contributed by atoms with Gasteiger partial charge < -0.3 is 14.5 Å². The van der Waals surface area contributed by atoms with E-state index in [0.717, 1.165) is 41.1 Å². The van der Waals surface area contributed by atoms with Crippen LogP contribution in [0.2, 0.25) is 0 Å². The smallest absolute Gasteiger partial charge is 0.214 e. The number of rotatable bonds is 7. The molecule has 0 saturated carbocycles. The van der Waals surface area contributed by atoms with Crippen molar-refractivity contribution < 1.29 is 4.74 Å². The zero-order chi connectivity index (χ0) is 19.7. The Kier molecular flexibility index (Phi) is 4.64. The van der Waals surface area contributed by atoms with Gasteiger partial charge >= 0.3 is 0 Å². The van der Waals surface area contributed by atoms with Crippen LogP contribution in [0.3, 0.4) is 0 Å². The second kappa shape index (κ2) is 7.26. The van der Waals surface area contributed by atoms with E-state index in [1.807, 2.05) is 32.0 Å². The predicted molar refractivity (Wildman–Crippen MR) is 108 cm³/mol. The number of nitrogens with one attached hydrogen (secondary N) is 3. The first kappa shape index (κ1) is 17.9. The number of anilines is 1. The largest absolute Gasteiger partial charge is 0.475 e. The third kappa shape index (κ3) is 3.26. The fourth-order valence-corrected chi connectivity index (χ4v) is 3.24. The average Bonchev–Trinajstić information content (AvgIpc) is 3.07. The molecule has 1 aliphatic rings. The summed E-state index contributed by atoms with van der Waals surface area (Å²) in [4.78, 5) is 12.5. The van der Waals surface area contributed by atoms with Gasteiger partial charge in [0, 0.05) is 36.3 Å². The number of hydrogen-bond donors (Lipinski definition) is 3. The lowest BCUT2D eigenvalue weighted by atomic mass is 10.1. The maximum absolute atomic E-state index is 7.35. The summed E-state index contributed by atoms with van der Waals surface area (Å²) in [6, 6.07) is 5.98. The van der Waals surface area contributed by atoms with Crippen molar-refractivity contribution in [1.29, 1.82) is 10.8 Å². The zero-order valence-electron chi connectivity index (χ0n) is 15.8. The number of fused-ring (bicyclic) bond motifs is 1. The molecule has 0 aliphatic carbocycles. The molecule has 9 heteroatoms. The van der Waals surface area contributed by atoms with Gasteiger partial charge in [-0.15, -0.1) is 0 Å². The van der Waals surface area contributed by atoms with E-state index >= 15 is 0 Å². The minimum absolute atomic E-state index is 0.0497. The summed E-state index contributed by atoms with van der Waals surface area (Å²) in [7, 11) is 0. The average molecular weight is 378 g/mol. The fourth-order valence-electron chi connectivity index (χ4n) is 3.24. The molecule has 0 spiro atoms. The molecule has 1 fully saturated rings. The molecule has 0 amide bonds. The van der Waals surface area contributed by atoms with Crippen molar-refractivity contribution in [3.63, 3.8) is 0 Å². The van der Waals surface area contributed by atoms with E-state index in [2.05, 4.69) is 25.1 Å². The van der Waals surface area contributed by atoms with Gasteiger partial charge in [-0.25, -0.2) is 9.97 Å². The van der Waals surface area contributed by atoms with Crippen LogP contribution in [0, 0.1) is 10.8 Å². The topological polar surface area (TPSA) is 118 Å². The van der Waals surface area contributed by atoms with Gasteiger partial charge in [0.2, 0.25) is 5.88 Å². The summed E-state index contributed by atoms with van der Waals surface area (Å²) in [5, 5.41) is 23.1. The molecular weight excluding hydrogens is 356 g/mol. The van der Waals surface area contributed by atoms with Gasteiger partial charge in [-0.1, -0.05) is 0 Å². The molecule has 1 saturated heterocycles. The number of pyridine rings is 2. The second-order valence-electron chi connectivity index (χ2n) is 6.97. The first-order valence-electron chi connectivity index (χ1n) is 9.10. The third-order valence-corrected chi connectivity index (χ3v) is 4.70. The number of hydrogen-bond acceptors (Lipinski definition) is 7. The molecule has 4 heterocycles. The molecule has 28 heavy (non-hydrogen) atoms. The minimum Gasteiger partial charge on any atom is -0.475 e. The molecule has 3 aromatic heterocycles. The molecule has 3 N–H and O–H groups in total. The Labute approximate surface area is 162 Å². The Bertz CT molecular complexity index is 1000. The molecule has 3 aromatic rings. The summed E-state index contributed by atoms with van der Waals surface area (Å²) >= 11 is 0. The Balaban J connectivity index is 1.60. The maximum Gasteiger partial charge on any atom is 0.214 e. The van der Waals surface area contributed by atoms with Crippen molar-refractivity contribution in [3.8, 4) is 17.1 Å². The molecule has 4 rings (SSSR count). The minimum atomic E-state index is 0.0497. The highest BCUT2D eigenvalue weighted by Crippen LogP contribution is 2.31. The maximum atomic E-state index is 7.35. The summed E-state index contributed by atoms with van der Waals surface area (Å²) in [5.41, 5.74) is 2.63. The van der Waals surface area contributed by atoms with Crippen LogP contribution in [-0.4, -0.2) is 63.0 Å². The van der Waals surface area contributed by atoms with Crippen molar-refractivity contribution in [2.75, 3.05) is 18.0 Å². The van der Waals surface area contributed by atoms with Gasteiger partial charge in [-0.2, -0.15) is 5.10 Å². The Hall–Kier alpha value is -3.49. The van der Waals surface area contributed by atoms with Gasteiger partial charge in [-0.3, -0.25) is 15.9 Å². The van der Waals surface area contributed by atoms with Crippen LogP contribution in [0.5, 0.6) is 5.88 Å². The predicted octanol–water partition coefficient (Wildman–Crippen LogP) is 2.51. The quantitative estimate of drug-likeness (QED) is 0.429. The summed E-state index contributed by atoms with van der Waals surface area (Å²) in [6.45, 7) is 5.38. The number of aromatic nitrogens is 4. The molecule has 1 aliphatic heterocycles. The van der Waals surface area contributed by atoms with Gasteiger partial charge in [0.05, 0.1) is 36.5 Å². The molecular formula is C19H22N8O. The second-order valence-corrected chi connectivity index (χ2v) is 6.97. The number of aromatic amines is 1. The summed E-state index contributed by atoms with van der Waals surface area (Å²) < 4.78 is 5.71. The number of nitrogens with zero attached hydrogens (tertiary/aromatic N) is 5. The highest BCUT2D eigenvalue weighted by molar-refractivity contribution is 5.93. The summed E-state index contributed by atoms with van der Waals surface area (Å²) in [5.74, 6) is 1.43. The van der Waals surface area contributed by atoms with Crippen LogP contribution < -0.4 is 9.64 Å².